The quantitative estimate of drug-likeness (QED) is 0.769. The van der Waals surface area contributed by atoms with Gasteiger partial charge in [-0.1, -0.05) is 12.1 Å². The summed E-state index contributed by atoms with van der Waals surface area (Å²) in [5.74, 6) is 0.494. The fraction of sp³-hybridized carbons (Fsp3) is 0.467. The standard InChI is InChI=1S/C15H18N2O3/c1-17-14(20)16-13(19)15(17)8-6-11(7-9-15)10-2-4-12(18)5-3-10/h2-5,11,18H,6-9H2,1H3,(H,16,19,20). The number of nitrogens with zero attached hydrogens (tertiary/aromatic N) is 1. The number of imide groups is 1. The molecule has 1 saturated heterocycles. The third-order valence-electron chi connectivity index (χ3n) is 4.77. The van der Waals surface area contributed by atoms with Crippen LogP contribution in [0.15, 0.2) is 24.3 Å². The molecule has 0 radical (unpaired) electrons. The van der Waals surface area contributed by atoms with Crippen molar-refractivity contribution in [2.24, 2.45) is 0 Å². The average Bonchev–Trinajstić information content (AvgIpc) is 2.65. The summed E-state index contributed by atoms with van der Waals surface area (Å²) in [7, 11) is 1.70. The molecule has 1 saturated carbocycles. The second-order valence-corrected chi connectivity index (χ2v) is 5.72. The smallest absolute Gasteiger partial charge is 0.324 e. The molecule has 1 heterocycles. The van der Waals surface area contributed by atoms with Gasteiger partial charge in [0.15, 0.2) is 0 Å². The van der Waals surface area contributed by atoms with Gasteiger partial charge < -0.3 is 10.0 Å². The van der Waals surface area contributed by atoms with Crippen molar-refractivity contribution >= 4 is 11.9 Å². The maximum atomic E-state index is 12.1. The van der Waals surface area contributed by atoms with Crippen LogP contribution in [0.5, 0.6) is 5.75 Å². The van der Waals surface area contributed by atoms with Gasteiger partial charge in [0.25, 0.3) is 5.91 Å². The topological polar surface area (TPSA) is 69.6 Å². The lowest BCUT2D eigenvalue weighted by atomic mass is 9.73. The van der Waals surface area contributed by atoms with Crippen LogP contribution in [0.1, 0.15) is 37.2 Å². The van der Waals surface area contributed by atoms with Gasteiger partial charge in [-0.25, -0.2) is 4.79 Å². The van der Waals surface area contributed by atoms with E-state index in [4.69, 9.17) is 0 Å². The molecule has 2 N–H and O–H groups in total. The number of hydrogen-bond donors (Lipinski definition) is 2. The van der Waals surface area contributed by atoms with Gasteiger partial charge in [0.05, 0.1) is 0 Å². The summed E-state index contributed by atoms with van der Waals surface area (Å²) >= 11 is 0. The van der Waals surface area contributed by atoms with Crippen LogP contribution in [0, 0.1) is 0 Å². The average molecular weight is 274 g/mol. The first-order chi connectivity index (χ1) is 9.53. The van der Waals surface area contributed by atoms with Gasteiger partial charge in [0.2, 0.25) is 0 Å². The van der Waals surface area contributed by atoms with Crippen molar-refractivity contribution in [1.82, 2.24) is 10.2 Å². The molecule has 106 valence electrons. The van der Waals surface area contributed by atoms with Crippen LogP contribution in [-0.2, 0) is 4.79 Å². The molecular weight excluding hydrogens is 256 g/mol. The fourth-order valence-corrected chi connectivity index (χ4v) is 3.38. The molecule has 1 spiro atoms. The number of benzene rings is 1. The third-order valence-corrected chi connectivity index (χ3v) is 4.77. The molecule has 3 amide bonds. The largest absolute Gasteiger partial charge is 0.508 e. The van der Waals surface area contributed by atoms with E-state index in [0.29, 0.717) is 18.8 Å². The molecule has 20 heavy (non-hydrogen) atoms. The van der Waals surface area contributed by atoms with E-state index in [9.17, 15) is 14.7 Å². The lowest BCUT2D eigenvalue weighted by molar-refractivity contribution is -0.127. The summed E-state index contributed by atoms with van der Waals surface area (Å²) in [6, 6.07) is 6.96. The first-order valence-electron chi connectivity index (χ1n) is 6.91. The fourth-order valence-electron chi connectivity index (χ4n) is 3.38. The van der Waals surface area contributed by atoms with Gasteiger partial charge in [-0.15, -0.1) is 0 Å². The molecule has 0 aromatic heterocycles. The summed E-state index contributed by atoms with van der Waals surface area (Å²) in [6.07, 6.45) is 3.12. The Morgan fingerprint density at radius 3 is 2.30 bits per heavy atom. The van der Waals surface area contributed by atoms with E-state index >= 15 is 0 Å². The van der Waals surface area contributed by atoms with Gasteiger partial charge >= 0.3 is 6.03 Å². The van der Waals surface area contributed by atoms with E-state index in [-0.39, 0.29) is 17.7 Å². The Balaban J connectivity index is 1.75. The monoisotopic (exact) mass is 274 g/mol. The van der Waals surface area contributed by atoms with Crippen LogP contribution in [0.4, 0.5) is 4.79 Å². The molecule has 3 rings (SSSR count). The SMILES string of the molecule is CN1C(=O)NC(=O)C12CCC(c1ccc(O)cc1)CC2. The predicted molar refractivity (Wildman–Crippen MR) is 73.3 cm³/mol. The molecule has 5 nitrogen and oxygen atoms in total. The Kier molecular flexibility index (Phi) is 2.92. The number of phenols is 1. The number of likely N-dealkylation sites (N-methyl/N-ethyl adjacent to an activating group) is 1. The lowest BCUT2D eigenvalue weighted by Gasteiger charge is -2.39. The van der Waals surface area contributed by atoms with Gasteiger partial charge in [0, 0.05) is 7.05 Å². The maximum Gasteiger partial charge on any atom is 0.324 e. The number of hydrogen-bond acceptors (Lipinski definition) is 3. The number of urea groups is 1. The Bertz CT molecular complexity index is 545. The van der Waals surface area contributed by atoms with Crippen molar-refractivity contribution in [3.63, 3.8) is 0 Å². The minimum atomic E-state index is -0.648. The summed E-state index contributed by atoms with van der Waals surface area (Å²) in [4.78, 5) is 25.2. The first kappa shape index (κ1) is 13.0. The normalized spacial score (nSPS) is 29.9. The molecule has 1 aliphatic carbocycles. The number of aromatic hydroxyl groups is 1. The van der Waals surface area contributed by atoms with Crippen molar-refractivity contribution in [2.45, 2.75) is 37.1 Å². The molecule has 0 bridgehead atoms. The number of rotatable bonds is 1. The molecule has 2 aliphatic rings. The number of carbonyl (C=O) groups excluding carboxylic acids is 2. The lowest BCUT2D eigenvalue weighted by Crippen LogP contribution is -2.49. The molecule has 5 heteroatoms. The highest BCUT2D eigenvalue weighted by Gasteiger charge is 2.52. The zero-order valence-corrected chi connectivity index (χ0v) is 11.4. The van der Waals surface area contributed by atoms with Gasteiger partial charge in [-0.05, 0) is 49.3 Å². The summed E-state index contributed by atoms with van der Waals surface area (Å²) in [5, 5.41) is 11.7. The molecular formula is C15H18N2O3. The molecule has 1 aliphatic heterocycles. The van der Waals surface area contributed by atoms with Crippen LogP contribution >= 0.6 is 0 Å². The van der Waals surface area contributed by atoms with E-state index in [1.807, 2.05) is 12.1 Å². The zero-order valence-electron chi connectivity index (χ0n) is 11.4. The van der Waals surface area contributed by atoms with Crippen LogP contribution in [0.3, 0.4) is 0 Å². The molecule has 0 atom stereocenters. The Morgan fingerprint density at radius 2 is 1.80 bits per heavy atom. The van der Waals surface area contributed by atoms with E-state index < -0.39 is 5.54 Å². The van der Waals surface area contributed by atoms with Gasteiger partial charge in [-0.2, -0.15) is 0 Å². The maximum absolute atomic E-state index is 12.1. The number of phenolic OH excluding ortho intramolecular Hbond substituents is 1. The number of carbonyl (C=O) groups is 2. The van der Waals surface area contributed by atoms with Crippen LogP contribution in [-0.4, -0.2) is 34.5 Å². The third kappa shape index (κ3) is 1.85. The minimum absolute atomic E-state index is 0.158. The molecule has 0 unspecified atom stereocenters. The second kappa shape index (κ2) is 4.51. The van der Waals surface area contributed by atoms with Crippen LogP contribution in [0.2, 0.25) is 0 Å². The highest BCUT2D eigenvalue weighted by Crippen LogP contribution is 2.42. The Labute approximate surface area is 117 Å². The number of nitrogens with one attached hydrogen (secondary N) is 1. The molecule has 1 aromatic rings. The molecule has 2 fully saturated rings. The van der Waals surface area contributed by atoms with Crippen molar-refractivity contribution in [2.75, 3.05) is 7.05 Å². The highest BCUT2D eigenvalue weighted by molar-refractivity contribution is 6.06. The van der Waals surface area contributed by atoms with E-state index in [1.54, 1.807) is 24.1 Å². The van der Waals surface area contributed by atoms with E-state index in [2.05, 4.69) is 5.32 Å². The summed E-state index contributed by atoms with van der Waals surface area (Å²) < 4.78 is 0. The van der Waals surface area contributed by atoms with Crippen molar-refractivity contribution < 1.29 is 14.7 Å². The van der Waals surface area contributed by atoms with Crippen LogP contribution < -0.4 is 5.32 Å². The first-order valence-corrected chi connectivity index (χ1v) is 6.91. The second-order valence-electron chi connectivity index (χ2n) is 5.72. The molecule has 1 aromatic carbocycles. The van der Waals surface area contributed by atoms with Crippen molar-refractivity contribution in [3.8, 4) is 5.75 Å². The summed E-state index contributed by atoms with van der Waals surface area (Å²) in [6.45, 7) is 0. The van der Waals surface area contributed by atoms with E-state index in [0.717, 1.165) is 12.8 Å². The van der Waals surface area contributed by atoms with Crippen LogP contribution in [0.25, 0.3) is 0 Å². The Morgan fingerprint density at radius 1 is 1.20 bits per heavy atom. The highest BCUT2D eigenvalue weighted by atomic mass is 16.3. The van der Waals surface area contributed by atoms with E-state index in [1.165, 1.54) is 5.56 Å². The predicted octanol–water partition coefficient (Wildman–Crippen LogP) is 1.97. The minimum Gasteiger partial charge on any atom is -0.508 e. The summed E-state index contributed by atoms with van der Waals surface area (Å²) in [5.41, 5.74) is 0.537. The van der Waals surface area contributed by atoms with Crippen molar-refractivity contribution in [1.29, 1.82) is 0 Å². The van der Waals surface area contributed by atoms with Gasteiger partial charge in [-0.3, -0.25) is 10.1 Å². The number of amides is 3. The Hall–Kier alpha value is -2.04. The van der Waals surface area contributed by atoms with Gasteiger partial charge in [0.1, 0.15) is 11.3 Å². The van der Waals surface area contributed by atoms with Crippen molar-refractivity contribution in [3.05, 3.63) is 29.8 Å². The zero-order chi connectivity index (χ0) is 14.3.